The molecule has 2 N–H and O–H groups in total. The number of fused-ring (bicyclic) bond motifs is 2. The smallest absolute Gasteiger partial charge is 0.326 e. The normalized spacial score (nSPS) is 13.5. The van der Waals surface area contributed by atoms with Crippen molar-refractivity contribution in [2.24, 2.45) is 0 Å². The minimum Gasteiger partial charge on any atom is -0.497 e. The molecule has 32 heavy (non-hydrogen) atoms. The van der Waals surface area contributed by atoms with Gasteiger partial charge in [-0.1, -0.05) is 6.07 Å². The minimum atomic E-state index is -0.248. The molecule has 0 spiro atoms. The Hall–Kier alpha value is -4.20. The highest BCUT2D eigenvalue weighted by molar-refractivity contribution is 6.09. The Morgan fingerprint density at radius 2 is 1.72 bits per heavy atom. The molecule has 0 saturated carbocycles. The van der Waals surface area contributed by atoms with Gasteiger partial charge in [0, 0.05) is 35.2 Å². The van der Waals surface area contributed by atoms with Crippen LogP contribution in [0, 0.1) is 0 Å². The van der Waals surface area contributed by atoms with E-state index in [1.165, 1.54) is 0 Å². The molecule has 0 atom stereocenters. The van der Waals surface area contributed by atoms with Gasteiger partial charge in [0.05, 0.1) is 7.11 Å². The molecule has 0 aromatic heterocycles. The number of carbonyl (C=O) groups is 2. The van der Waals surface area contributed by atoms with Gasteiger partial charge < -0.3 is 24.8 Å². The third-order valence-electron chi connectivity index (χ3n) is 5.49. The summed E-state index contributed by atoms with van der Waals surface area (Å²) in [5, 5.41) is 5.80. The number of methoxy groups -OCH3 is 1. The SMILES string of the molecule is COc1ccc(NC(=O)N2CCc3c(C(=O)Nc4ccc5c(c4)OCO5)cccc32)cc1. The zero-order valence-electron chi connectivity index (χ0n) is 17.4. The number of nitrogens with one attached hydrogen (secondary N) is 2. The van der Waals surface area contributed by atoms with Crippen LogP contribution in [-0.2, 0) is 6.42 Å². The van der Waals surface area contributed by atoms with Crippen LogP contribution in [0.5, 0.6) is 17.2 Å². The predicted octanol–water partition coefficient (Wildman–Crippen LogP) is 4.27. The number of anilines is 3. The fourth-order valence-electron chi connectivity index (χ4n) is 3.90. The maximum absolute atomic E-state index is 13.0. The summed E-state index contributed by atoms with van der Waals surface area (Å²) in [5.41, 5.74) is 3.40. The van der Waals surface area contributed by atoms with Crippen molar-refractivity contribution in [2.45, 2.75) is 6.42 Å². The molecule has 2 aliphatic rings. The summed E-state index contributed by atoms with van der Waals surface area (Å²) in [6.07, 6.45) is 0.593. The number of amides is 3. The lowest BCUT2D eigenvalue weighted by Gasteiger charge is -2.18. The van der Waals surface area contributed by atoms with Crippen LogP contribution in [0.15, 0.2) is 60.7 Å². The van der Waals surface area contributed by atoms with E-state index >= 15 is 0 Å². The van der Waals surface area contributed by atoms with Crippen molar-refractivity contribution in [3.63, 3.8) is 0 Å². The van der Waals surface area contributed by atoms with Crippen LogP contribution in [0.25, 0.3) is 0 Å². The first kappa shape index (κ1) is 19.7. The molecule has 0 saturated heterocycles. The summed E-state index contributed by atoms with van der Waals surface area (Å²) < 4.78 is 15.8. The van der Waals surface area contributed by atoms with Gasteiger partial charge in [-0.15, -0.1) is 0 Å². The van der Waals surface area contributed by atoms with Crippen molar-refractivity contribution < 1.29 is 23.8 Å². The monoisotopic (exact) mass is 431 g/mol. The first-order chi connectivity index (χ1) is 15.6. The van der Waals surface area contributed by atoms with Gasteiger partial charge in [-0.05, 0) is 60.5 Å². The van der Waals surface area contributed by atoms with Gasteiger partial charge in [0.2, 0.25) is 6.79 Å². The fourth-order valence-corrected chi connectivity index (χ4v) is 3.90. The van der Waals surface area contributed by atoms with E-state index in [0.29, 0.717) is 47.2 Å². The summed E-state index contributed by atoms with van der Waals surface area (Å²) in [6.45, 7) is 0.666. The number of urea groups is 1. The molecule has 3 amide bonds. The van der Waals surface area contributed by atoms with Crippen LogP contribution in [-0.4, -0.2) is 32.4 Å². The van der Waals surface area contributed by atoms with Gasteiger partial charge in [-0.25, -0.2) is 4.79 Å². The second kappa shape index (κ2) is 8.14. The largest absolute Gasteiger partial charge is 0.497 e. The molecule has 3 aromatic rings. The molecule has 0 unspecified atom stereocenters. The number of rotatable bonds is 4. The van der Waals surface area contributed by atoms with E-state index in [1.54, 1.807) is 66.6 Å². The number of nitrogens with zero attached hydrogens (tertiary/aromatic N) is 1. The molecule has 162 valence electrons. The molecule has 0 fully saturated rings. The van der Waals surface area contributed by atoms with Gasteiger partial charge in [0.1, 0.15) is 5.75 Å². The number of hydrogen-bond acceptors (Lipinski definition) is 5. The van der Waals surface area contributed by atoms with Crippen molar-refractivity contribution in [3.8, 4) is 17.2 Å². The third kappa shape index (κ3) is 3.66. The van der Waals surface area contributed by atoms with Crippen LogP contribution < -0.4 is 29.7 Å². The molecule has 3 aromatic carbocycles. The van der Waals surface area contributed by atoms with E-state index in [1.807, 2.05) is 6.07 Å². The van der Waals surface area contributed by atoms with E-state index in [0.717, 1.165) is 11.3 Å². The lowest BCUT2D eigenvalue weighted by Crippen LogP contribution is -2.33. The number of benzene rings is 3. The Balaban J connectivity index is 1.32. The first-order valence-electron chi connectivity index (χ1n) is 10.2. The highest BCUT2D eigenvalue weighted by Crippen LogP contribution is 2.35. The van der Waals surface area contributed by atoms with Crippen molar-refractivity contribution >= 4 is 29.0 Å². The molecule has 8 heteroatoms. The highest BCUT2D eigenvalue weighted by Gasteiger charge is 2.28. The van der Waals surface area contributed by atoms with Crippen molar-refractivity contribution in [2.75, 3.05) is 36.0 Å². The van der Waals surface area contributed by atoms with Gasteiger partial charge in [0.25, 0.3) is 5.91 Å². The molecular weight excluding hydrogens is 410 g/mol. The molecule has 0 bridgehead atoms. The van der Waals surface area contributed by atoms with E-state index in [-0.39, 0.29) is 18.7 Å². The Bertz CT molecular complexity index is 1190. The number of carbonyl (C=O) groups excluding carboxylic acids is 2. The van der Waals surface area contributed by atoms with Crippen LogP contribution in [0.2, 0.25) is 0 Å². The fraction of sp³-hybridized carbons (Fsp3) is 0.167. The lowest BCUT2D eigenvalue weighted by molar-refractivity contribution is 0.102. The van der Waals surface area contributed by atoms with Crippen LogP contribution in [0.1, 0.15) is 15.9 Å². The summed E-state index contributed by atoms with van der Waals surface area (Å²) in [5.74, 6) is 1.73. The molecule has 2 heterocycles. The zero-order chi connectivity index (χ0) is 22.1. The average Bonchev–Trinajstić information content (AvgIpc) is 3.46. The predicted molar refractivity (Wildman–Crippen MR) is 120 cm³/mol. The van der Waals surface area contributed by atoms with Crippen LogP contribution >= 0.6 is 0 Å². The summed E-state index contributed by atoms with van der Waals surface area (Å²) in [6, 6.07) is 17.6. The maximum atomic E-state index is 13.0. The highest BCUT2D eigenvalue weighted by atomic mass is 16.7. The first-order valence-corrected chi connectivity index (χ1v) is 10.2. The maximum Gasteiger partial charge on any atom is 0.326 e. The van der Waals surface area contributed by atoms with Gasteiger partial charge >= 0.3 is 6.03 Å². The van der Waals surface area contributed by atoms with E-state index < -0.39 is 0 Å². The summed E-state index contributed by atoms with van der Waals surface area (Å²) in [7, 11) is 1.59. The quantitative estimate of drug-likeness (QED) is 0.644. The Labute approximate surface area is 184 Å². The number of ether oxygens (including phenoxy) is 3. The standard InChI is InChI=1S/C24H21N3O5/c1-30-17-8-5-15(6-9-17)26-24(29)27-12-11-18-19(3-2-4-20(18)27)23(28)25-16-7-10-21-22(13-16)32-14-31-21/h2-10,13H,11-12,14H2,1H3,(H,25,28)(H,26,29). The van der Waals surface area contributed by atoms with Crippen molar-refractivity contribution in [1.29, 1.82) is 0 Å². The Morgan fingerprint density at radius 3 is 2.53 bits per heavy atom. The minimum absolute atomic E-state index is 0.174. The average molecular weight is 431 g/mol. The summed E-state index contributed by atoms with van der Waals surface area (Å²) in [4.78, 5) is 27.5. The van der Waals surface area contributed by atoms with E-state index in [2.05, 4.69) is 10.6 Å². The topological polar surface area (TPSA) is 89.1 Å². The Morgan fingerprint density at radius 1 is 0.938 bits per heavy atom. The third-order valence-corrected chi connectivity index (χ3v) is 5.49. The van der Waals surface area contributed by atoms with Gasteiger partial charge in [-0.2, -0.15) is 0 Å². The second-order valence-electron chi connectivity index (χ2n) is 7.39. The lowest BCUT2D eigenvalue weighted by atomic mass is 10.0. The summed E-state index contributed by atoms with van der Waals surface area (Å²) >= 11 is 0. The van der Waals surface area contributed by atoms with Crippen molar-refractivity contribution in [3.05, 3.63) is 71.8 Å². The van der Waals surface area contributed by atoms with Crippen molar-refractivity contribution in [1.82, 2.24) is 0 Å². The molecule has 5 rings (SSSR count). The van der Waals surface area contributed by atoms with Crippen LogP contribution in [0.3, 0.4) is 0 Å². The van der Waals surface area contributed by atoms with Gasteiger partial charge in [-0.3, -0.25) is 9.69 Å². The molecule has 2 aliphatic heterocycles. The van der Waals surface area contributed by atoms with E-state index in [4.69, 9.17) is 14.2 Å². The molecular formula is C24H21N3O5. The molecule has 0 radical (unpaired) electrons. The molecule has 0 aliphatic carbocycles. The molecule has 8 nitrogen and oxygen atoms in total. The zero-order valence-corrected chi connectivity index (χ0v) is 17.4. The van der Waals surface area contributed by atoms with Crippen LogP contribution in [0.4, 0.5) is 21.9 Å². The number of hydrogen-bond donors (Lipinski definition) is 2. The van der Waals surface area contributed by atoms with Gasteiger partial charge in [0.15, 0.2) is 11.5 Å². The Kier molecular flexibility index (Phi) is 5.03. The second-order valence-corrected chi connectivity index (χ2v) is 7.39. The van der Waals surface area contributed by atoms with E-state index in [9.17, 15) is 9.59 Å².